The number of benzene rings is 1. The third-order valence-corrected chi connectivity index (χ3v) is 2.37. The maximum Gasteiger partial charge on any atom is 0.230 e. The van der Waals surface area contributed by atoms with Crippen LogP contribution in [0.2, 0.25) is 0 Å². The van der Waals surface area contributed by atoms with Gasteiger partial charge in [-0.15, -0.1) is 0 Å². The number of rotatable bonds is 3. The van der Waals surface area contributed by atoms with E-state index >= 15 is 0 Å². The first kappa shape index (κ1) is 11.3. The van der Waals surface area contributed by atoms with E-state index in [2.05, 4.69) is 4.98 Å². The average molecular weight is 232 g/mol. The first-order valence-corrected chi connectivity index (χ1v) is 5.12. The fraction of sp³-hybridized carbons (Fsp3) is 0.167. The summed E-state index contributed by atoms with van der Waals surface area (Å²) in [6, 6.07) is 6.64. The topological polar surface area (TPSA) is 89.4 Å². The molecular weight excluding hydrogens is 220 g/mol. The predicted molar refractivity (Wildman–Crippen MR) is 61.7 cm³/mol. The standard InChI is InChI=1S/C12H12N2O3/c1-7-11(10(16)6-13)17-12(14-7)8-4-2-3-5-9(8)15/h2-5,15H,6,13H2,1H3. The highest BCUT2D eigenvalue weighted by atomic mass is 16.4. The first-order valence-electron chi connectivity index (χ1n) is 5.12. The molecule has 1 heterocycles. The van der Waals surface area contributed by atoms with E-state index in [-0.39, 0.29) is 29.7 Å². The van der Waals surface area contributed by atoms with Crippen LogP contribution >= 0.6 is 0 Å². The molecule has 3 N–H and O–H groups in total. The minimum Gasteiger partial charge on any atom is -0.507 e. The predicted octanol–water partition coefficient (Wildman–Crippen LogP) is 1.50. The molecule has 0 saturated carbocycles. The summed E-state index contributed by atoms with van der Waals surface area (Å²) in [5, 5.41) is 9.65. The van der Waals surface area contributed by atoms with Crippen molar-refractivity contribution in [3.8, 4) is 17.2 Å². The van der Waals surface area contributed by atoms with E-state index in [1.165, 1.54) is 6.07 Å². The van der Waals surface area contributed by atoms with Crippen molar-refractivity contribution >= 4 is 5.78 Å². The second-order valence-electron chi connectivity index (χ2n) is 3.58. The van der Waals surface area contributed by atoms with Gasteiger partial charge in [-0.25, -0.2) is 4.98 Å². The van der Waals surface area contributed by atoms with Crippen molar-refractivity contribution in [2.45, 2.75) is 6.92 Å². The minimum absolute atomic E-state index is 0.0560. The molecule has 0 bridgehead atoms. The quantitative estimate of drug-likeness (QED) is 0.782. The Kier molecular flexibility index (Phi) is 2.93. The Morgan fingerprint density at radius 3 is 2.82 bits per heavy atom. The second kappa shape index (κ2) is 4.39. The van der Waals surface area contributed by atoms with E-state index < -0.39 is 0 Å². The number of aromatic hydroxyl groups is 1. The second-order valence-corrected chi connectivity index (χ2v) is 3.58. The number of hydrogen-bond donors (Lipinski definition) is 2. The number of para-hydroxylation sites is 1. The van der Waals surface area contributed by atoms with Gasteiger partial charge in [0.15, 0.2) is 5.76 Å². The molecule has 1 aromatic heterocycles. The Morgan fingerprint density at radius 2 is 2.18 bits per heavy atom. The van der Waals surface area contributed by atoms with Gasteiger partial charge in [0.25, 0.3) is 0 Å². The molecule has 17 heavy (non-hydrogen) atoms. The lowest BCUT2D eigenvalue weighted by Crippen LogP contribution is -2.13. The Morgan fingerprint density at radius 1 is 1.47 bits per heavy atom. The summed E-state index contributed by atoms with van der Waals surface area (Å²) in [7, 11) is 0. The molecule has 0 saturated heterocycles. The number of phenols is 1. The molecule has 0 aliphatic rings. The molecule has 0 atom stereocenters. The summed E-state index contributed by atoms with van der Waals surface area (Å²) >= 11 is 0. The zero-order valence-electron chi connectivity index (χ0n) is 9.30. The van der Waals surface area contributed by atoms with Crippen LogP contribution in [0.3, 0.4) is 0 Å². The van der Waals surface area contributed by atoms with Crippen molar-refractivity contribution in [1.29, 1.82) is 0 Å². The van der Waals surface area contributed by atoms with Crippen molar-refractivity contribution in [2.75, 3.05) is 6.54 Å². The maximum absolute atomic E-state index is 11.4. The SMILES string of the molecule is Cc1nc(-c2ccccc2O)oc1C(=O)CN. The maximum atomic E-state index is 11.4. The smallest absolute Gasteiger partial charge is 0.230 e. The summed E-state index contributed by atoms with van der Waals surface area (Å²) in [6.07, 6.45) is 0. The van der Waals surface area contributed by atoms with Gasteiger partial charge in [0.1, 0.15) is 5.75 Å². The molecule has 0 radical (unpaired) electrons. The van der Waals surface area contributed by atoms with Crippen LogP contribution in [0.25, 0.3) is 11.5 Å². The average Bonchev–Trinajstić information content (AvgIpc) is 2.71. The Hall–Kier alpha value is -2.14. The van der Waals surface area contributed by atoms with Crippen molar-refractivity contribution < 1.29 is 14.3 Å². The number of Topliss-reactive ketones (excluding diaryl/α,β-unsaturated/α-hetero) is 1. The van der Waals surface area contributed by atoms with Crippen LogP contribution in [0.4, 0.5) is 0 Å². The molecule has 0 spiro atoms. The van der Waals surface area contributed by atoms with E-state index in [1.54, 1.807) is 25.1 Å². The van der Waals surface area contributed by atoms with Crippen LogP contribution in [-0.2, 0) is 0 Å². The lowest BCUT2D eigenvalue weighted by molar-refractivity contribution is 0.0975. The highest BCUT2D eigenvalue weighted by Crippen LogP contribution is 2.29. The number of ketones is 1. The highest BCUT2D eigenvalue weighted by molar-refractivity contribution is 5.96. The first-order chi connectivity index (χ1) is 8.13. The molecule has 0 fully saturated rings. The summed E-state index contributed by atoms with van der Waals surface area (Å²) in [4.78, 5) is 15.6. The van der Waals surface area contributed by atoms with Crippen molar-refractivity contribution in [3.63, 3.8) is 0 Å². The number of aromatic nitrogens is 1. The molecule has 5 nitrogen and oxygen atoms in total. The molecule has 0 aliphatic heterocycles. The number of oxazole rings is 1. The number of nitrogens with zero attached hydrogens (tertiary/aromatic N) is 1. The van der Waals surface area contributed by atoms with Gasteiger partial charge in [0, 0.05) is 0 Å². The fourth-order valence-corrected chi connectivity index (χ4v) is 1.52. The largest absolute Gasteiger partial charge is 0.507 e. The molecule has 0 unspecified atom stereocenters. The van der Waals surface area contributed by atoms with E-state index in [1.807, 2.05) is 0 Å². The third kappa shape index (κ3) is 2.05. The van der Waals surface area contributed by atoms with Crippen LogP contribution in [0.5, 0.6) is 5.75 Å². The lowest BCUT2D eigenvalue weighted by Gasteiger charge is -1.98. The number of nitrogens with two attached hydrogens (primary N) is 1. The van der Waals surface area contributed by atoms with Crippen LogP contribution in [-0.4, -0.2) is 22.4 Å². The van der Waals surface area contributed by atoms with Crippen LogP contribution in [0.15, 0.2) is 28.7 Å². The van der Waals surface area contributed by atoms with Gasteiger partial charge in [-0.3, -0.25) is 4.79 Å². The number of hydrogen-bond acceptors (Lipinski definition) is 5. The Bertz CT molecular complexity index is 561. The molecule has 5 heteroatoms. The van der Waals surface area contributed by atoms with Gasteiger partial charge >= 0.3 is 0 Å². The van der Waals surface area contributed by atoms with Gasteiger partial charge in [0.2, 0.25) is 11.7 Å². The zero-order chi connectivity index (χ0) is 12.4. The molecule has 2 aromatic rings. The van der Waals surface area contributed by atoms with Crippen molar-refractivity contribution in [3.05, 3.63) is 35.7 Å². The lowest BCUT2D eigenvalue weighted by atomic mass is 10.2. The van der Waals surface area contributed by atoms with Crippen molar-refractivity contribution in [1.82, 2.24) is 4.98 Å². The van der Waals surface area contributed by atoms with Crippen molar-refractivity contribution in [2.24, 2.45) is 5.73 Å². The van der Waals surface area contributed by atoms with E-state index in [4.69, 9.17) is 10.2 Å². The van der Waals surface area contributed by atoms with E-state index in [9.17, 15) is 9.90 Å². The van der Waals surface area contributed by atoms with Gasteiger partial charge in [-0.05, 0) is 19.1 Å². The number of carbonyl (C=O) groups is 1. The zero-order valence-corrected chi connectivity index (χ0v) is 9.30. The molecule has 2 rings (SSSR count). The van der Waals surface area contributed by atoms with E-state index in [0.717, 1.165) is 0 Å². The number of phenolic OH excluding ortho intramolecular Hbond substituents is 1. The van der Waals surface area contributed by atoms with Gasteiger partial charge in [-0.1, -0.05) is 12.1 Å². The molecule has 1 aromatic carbocycles. The van der Waals surface area contributed by atoms with Gasteiger partial charge < -0.3 is 15.3 Å². The van der Waals surface area contributed by atoms with Crippen LogP contribution < -0.4 is 5.73 Å². The summed E-state index contributed by atoms with van der Waals surface area (Å²) in [5.41, 5.74) is 6.19. The summed E-state index contributed by atoms with van der Waals surface area (Å²) < 4.78 is 5.33. The third-order valence-electron chi connectivity index (χ3n) is 2.37. The van der Waals surface area contributed by atoms with Gasteiger partial charge in [0.05, 0.1) is 17.8 Å². The molecule has 0 amide bonds. The number of carbonyl (C=O) groups excluding carboxylic acids is 1. The molecular formula is C12H12N2O3. The fourth-order valence-electron chi connectivity index (χ4n) is 1.52. The monoisotopic (exact) mass is 232 g/mol. The summed E-state index contributed by atoms with van der Waals surface area (Å²) in [6.45, 7) is 1.53. The van der Waals surface area contributed by atoms with Crippen LogP contribution in [0, 0.1) is 6.92 Å². The Labute approximate surface area is 97.9 Å². The summed E-state index contributed by atoms with van der Waals surface area (Å²) in [5.74, 6) is 0.111. The van der Waals surface area contributed by atoms with E-state index in [0.29, 0.717) is 11.3 Å². The molecule has 88 valence electrons. The Balaban J connectivity index is 2.49. The minimum atomic E-state index is -0.309. The van der Waals surface area contributed by atoms with Gasteiger partial charge in [-0.2, -0.15) is 0 Å². The number of aryl methyl sites for hydroxylation is 1. The normalized spacial score (nSPS) is 10.5. The van der Waals surface area contributed by atoms with Crippen LogP contribution in [0.1, 0.15) is 16.2 Å². The molecule has 0 aliphatic carbocycles. The highest BCUT2D eigenvalue weighted by Gasteiger charge is 2.18.